The molecule has 7 nitrogen and oxygen atoms in total. The molecule has 0 aliphatic rings. The Hall–Kier alpha value is -2.49. The lowest BCUT2D eigenvalue weighted by molar-refractivity contribution is 0.386. The highest BCUT2D eigenvalue weighted by Gasteiger charge is 2.20. The zero-order valence-electron chi connectivity index (χ0n) is 14.9. The van der Waals surface area contributed by atoms with Crippen molar-refractivity contribution in [3.8, 4) is 22.2 Å². The number of sulfonamides is 1. The van der Waals surface area contributed by atoms with Gasteiger partial charge in [0, 0.05) is 30.6 Å². The summed E-state index contributed by atoms with van der Waals surface area (Å²) in [6.07, 6.45) is 2.19. The second kappa shape index (κ2) is 8.47. The van der Waals surface area contributed by atoms with Gasteiger partial charge in [-0.2, -0.15) is 0 Å². The summed E-state index contributed by atoms with van der Waals surface area (Å²) in [6, 6.07) is 10.2. The van der Waals surface area contributed by atoms with Crippen molar-refractivity contribution < 1.29 is 17.9 Å². The highest BCUT2D eigenvalue weighted by molar-refractivity contribution is 7.89. The van der Waals surface area contributed by atoms with Gasteiger partial charge >= 0.3 is 0 Å². The first-order valence-electron chi connectivity index (χ1n) is 8.11. The third-order valence-corrected chi connectivity index (χ3v) is 6.18. The van der Waals surface area contributed by atoms with E-state index < -0.39 is 10.0 Å². The van der Waals surface area contributed by atoms with Crippen molar-refractivity contribution >= 4 is 21.4 Å². The largest absolute Gasteiger partial charge is 0.497 e. The second-order valence-electron chi connectivity index (χ2n) is 5.52. The molecule has 2 aromatic heterocycles. The number of nitrogens with one attached hydrogen (secondary N) is 1. The van der Waals surface area contributed by atoms with Gasteiger partial charge in [-0.25, -0.2) is 18.1 Å². The van der Waals surface area contributed by atoms with E-state index in [1.54, 1.807) is 12.3 Å². The summed E-state index contributed by atoms with van der Waals surface area (Å²) in [4.78, 5) is 8.84. The Labute approximate surface area is 162 Å². The predicted molar refractivity (Wildman–Crippen MR) is 104 cm³/mol. The second-order valence-corrected chi connectivity index (χ2v) is 8.12. The number of hydrogen-bond acceptors (Lipinski definition) is 7. The van der Waals surface area contributed by atoms with Crippen molar-refractivity contribution in [3.63, 3.8) is 0 Å². The molecule has 0 fully saturated rings. The summed E-state index contributed by atoms with van der Waals surface area (Å²) >= 11 is 1.48. The van der Waals surface area contributed by atoms with Gasteiger partial charge in [-0.15, -0.1) is 11.3 Å². The van der Waals surface area contributed by atoms with Gasteiger partial charge in [0.05, 0.1) is 25.6 Å². The van der Waals surface area contributed by atoms with E-state index >= 15 is 0 Å². The minimum Gasteiger partial charge on any atom is -0.497 e. The van der Waals surface area contributed by atoms with Crippen LogP contribution in [0.5, 0.6) is 11.5 Å². The van der Waals surface area contributed by atoms with Crippen LogP contribution in [0.2, 0.25) is 0 Å². The number of benzene rings is 1. The van der Waals surface area contributed by atoms with Gasteiger partial charge in [0.15, 0.2) is 0 Å². The first kappa shape index (κ1) is 19.3. The van der Waals surface area contributed by atoms with Crippen molar-refractivity contribution in [2.75, 3.05) is 20.8 Å². The van der Waals surface area contributed by atoms with E-state index in [-0.39, 0.29) is 17.2 Å². The maximum Gasteiger partial charge on any atom is 0.244 e. The average Bonchev–Trinajstić information content (AvgIpc) is 3.17. The molecule has 9 heteroatoms. The maximum atomic E-state index is 12.6. The molecule has 1 N–H and O–H groups in total. The van der Waals surface area contributed by atoms with Crippen molar-refractivity contribution in [3.05, 3.63) is 53.7 Å². The van der Waals surface area contributed by atoms with Crippen LogP contribution in [0.3, 0.4) is 0 Å². The van der Waals surface area contributed by atoms with E-state index in [0.29, 0.717) is 12.2 Å². The maximum absolute atomic E-state index is 12.6. The predicted octanol–water partition coefficient (Wildman–Crippen LogP) is 2.74. The Kier molecular flexibility index (Phi) is 6.04. The Bertz CT molecular complexity index is 1000. The lowest BCUT2D eigenvalue weighted by Gasteiger charge is -2.11. The number of hydrogen-bond donors (Lipinski definition) is 1. The Morgan fingerprint density at radius 3 is 2.70 bits per heavy atom. The molecule has 2 heterocycles. The first-order valence-corrected chi connectivity index (χ1v) is 10.5. The number of nitrogens with zero attached hydrogens (tertiary/aromatic N) is 2. The third-order valence-electron chi connectivity index (χ3n) is 3.77. The molecule has 0 saturated carbocycles. The Morgan fingerprint density at radius 2 is 2.00 bits per heavy atom. The highest BCUT2D eigenvalue weighted by atomic mass is 32.2. The Morgan fingerprint density at radius 1 is 1.15 bits per heavy atom. The molecule has 0 spiro atoms. The molecule has 0 aliphatic heterocycles. The van der Waals surface area contributed by atoms with Crippen LogP contribution < -0.4 is 14.2 Å². The van der Waals surface area contributed by atoms with Crippen molar-refractivity contribution in [1.82, 2.24) is 14.7 Å². The van der Waals surface area contributed by atoms with Crippen LogP contribution in [0.25, 0.3) is 10.7 Å². The minimum absolute atomic E-state index is 0.0678. The average molecular weight is 406 g/mol. The zero-order valence-corrected chi connectivity index (χ0v) is 16.5. The molecule has 0 unspecified atom stereocenters. The van der Waals surface area contributed by atoms with Gasteiger partial charge in [-0.3, -0.25) is 4.98 Å². The molecule has 0 radical (unpaired) electrons. The molecule has 0 aliphatic carbocycles. The van der Waals surface area contributed by atoms with Crippen LogP contribution in [0.1, 0.15) is 5.69 Å². The molecule has 3 rings (SSSR count). The van der Waals surface area contributed by atoms with Crippen molar-refractivity contribution in [2.45, 2.75) is 11.3 Å². The molecule has 27 heavy (non-hydrogen) atoms. The van der Waals surface area contributed by atoms with Gasteiger partial charge in [-0.1, -0.05) is 6.07 Å². The number of pyridine rings is 1. The molecular weight excluding hydrogens is 386 g/mol. The van der Waals surface area contributed by atoms with E-state index in [1.165, 1.54) is 37.7 Å². The number of aromatic nitrogens is 2. The first-order chi connectivity index (χ1) is 13.0. The number of thiazole rings is 1. The van der Waals surface area contributed by atoms with Crippen molar-refractivity contribution in [1.29, 1.82) is 0 Å². The molecule has 1 aromatic carbocycles. The molecule has 0 amide bonds. The van der Waals surface area contributed by atoms with E-state index in [0.717, 1.165) is 16.4 Å². The molecule has 142 valence electrons. The fraction of sp³-hybridized carbons (Fsp3) is 0.222. The SMILES string of the molecule is COc1ccc(S(=O)(=O)NCCc2csc(-c3ccccn3)n2)c(OC)c1. The fourth-order valence-corrected chi connectivity index (χ4v) is 4.43. The molecule has 3 aromatic rings. The lowest BCUT2D eigenvalue weighted by Crippen LogP contribution is -2.26. The minimum atomic E-state index is -3.71. The summed E-state index contributed by atoms with van der Waals surface area (Å²) < 4.78 is 38.0. The zero-order chi connectivity index (χ0) is 19.3. The van der Waals surface area contributed by atoms with Crippen LogP contribution in [-0.4, -0.2) is 39.2 Å². The number of ether oxygens (including phenoxy) is 2. The van der Waals surface area contributed by atoms with Crippen LogP contribution in [-0.2, 0) is 16.4 Å². The van der Waals surface area contributed by atoms with Gasteiger partial charge < -0.3 is 9.47 Å². The van der Waals surface area contributed by atoms with Gasteiger partial charge in [0.2, 0.25) is 10.0 Å². The molecule has 0 atom stereocenters. The van der Waals surface area contributed by atoms with Crippen LogP contribution >= 0.6 is 11.3 Å². The van der Waals surface area contributed by atoms with E-state index in [2.05, 4.69) is 14.7 Å². The summed E-state index contributed by atoms with van der Waals surface area (Å²) in [7, 11) is -0.784. The number of rotatable bonds is 8. The summed E-state index contributed by atoms with van der Waals surface area (Å²) in [5, 5.41) is 2.72. The molecular formula is C18H19N3O4S2. The fourth-order valence-electron chi connectivity index (χ4n) is 2.42. The lowest BCUT2D eigenvalue weighted by atomic mass is 10.3. The summed E-state index contributed by atoms with van der Waals surface area (Å²) in [5.41, 5.74) is 1.61. The van der Waals surface area contributed by atoms with Crippen LogP contribution in [0.15, 0.2) is 52.9 Å². The van der Waals surface area contributed by atoms with Gasteiger partial charge in [-0.05, 0) is 24.3 Å². The molecule has 0 saturated heterocycles. The third kappa shape index (κ3) is 4.62. The quantitative estimate of drug-likeness (QED) is 0.620. The van der Waals surface area contributed by atoms with Gasteiger partial charge in [0.25, 0.3) is 0 Å². The number of methoxy groups -OCH3 is 2. The normalized spacial score (nSPS) is 11.3. The monoisotopic (exact) mass is 405 g/mol. The topological polar surface area (TPSA) is 90.4 Å². The van der Waals surface area contributed by atoms with Crippen molar-refractivity contribution in [2.24, 2.45) is 0 Å². The van der Waals surface area contributed by atoms with E-state index in [9.17, 15) is 8.42 Å². The van der Waals surface area contributed by atoms with Crippen LogP contribution in [0, 0.1) is 0 Å². The standard InChI is InChI=1S/C18H19N3O4S2/c1-24-14-6-7-17(16(11-14)25-2)27(22,23)20-10-8-13-12-26-18(21-13)15-5-3-4-9-19-15/h3-7,9,11-12,20H,8,10H2,1-2H3. The molecule has 0 bridgehead atoms. The van der Waals surface area contributed by atoms with E-state index in [1.807, 2.05) is 23.6 Å². The summed E-state index contributed by atoms with van der Waals surface area (Å²) in [6.45, 7) is 0.225. The van der Waals surface area contributed by atoms with E-state index in [4.69, 9.17) is 9.47 Å². The van der Waals surface area contributed by atoms with Crippen LogP contribution in [0.4, 0.5) is 0 Å². The Balaban J connectivity index is 1.66. The highest BCUT2D eigenvalue weighted by Crippen LogP contribution is 2.28. The summed E-state index contributed by atoms with van der Waals surface area (Å²) in [5.74, 6) is 0.753. The smallest absolute Gasteiger partial charge is 0.244 e. The van der Waals surface area contributed by atoms with Gasteiger partial charge in [0.1, 0.15) is 21.4 Å².